The van der Waals surface area contributed by atoms with Gasteiger partial charge in [0.25, 0.3) is 0 Å². The molecule has 1 aliphatic rings. The van der Waals surface area contributed by atoms with Crippen LogP contribution < -0.4 is 10.6 Å². The zero-order valence-corrected chi connectivity index (χ0v) is 9.27. The maximum Gasteiger partial charge on any atom is 0.327 e. The number of amides is 1. The Morgan fingerprint density at radius 2 is 2.06 bits per heavy atom. The third-order valence-corrected chi connectivity index (χ3v) is 2.67. The average Bonchev–Trinajstić information content (AvgIpc) is 2.12. The summed E-state index contributed by atoms with van der Waals surface area (Å²) in [5, 5.41) is 23.2. The van der Waals surface area contributed by atoms with E-state index in [1.165, 1.54) is 6.92 Å². The summed E-state index contributed by atoms with van der Waals surface area (Å²) in [6.45, 7) is 2.18. The quantitative estimate of drug-likeness (QED) is 0.466. The summed E-state index contributed by atoms with van der Waals surface area (Å²) >= 11 is 0. The third-order valence-electron chi connectivity index (χ3n) is 2.67. The lowest BCUT2D eigenvalue weighted by molar-refractivity contribution is -0.141. The fourth-order valence-electron chi connectivity index (χ4n) is 1.74. The first-order chi connectivity index (χ1) is 7.49. The number of carbonyl (C=O) groups is 2. The molecule has 0 aromatic heterocycles. The van der Waals surface area contributed by atoms with Gasteiger partial charge in [-0.3, -0.25) is 4.79 Å². The average molecular weight is 230 g/mol. The van der Waals surface area contributed by atoms with Crippen LogP contribution in [0.25, 0.3) is 0 Å². The summed E-state index contributed by atoms with van der Waals surface area (Å²) < 4.78 is 0. The Morgan fingerprint density at radius 3 is 2.50 bits per heavy atom. The zero-order valence-electron chi connectivity index (χ0n) is 9.27. The third kappa shape index (κ3) is 4.16. The number of carboxylic acids is 1. The molecule has 0 radical (unpaired) electrons. The van der Waals surface area contributed by atoms with E-state index in [0.29, 0.717) is 12.5 Å². The minimum Gasteiger partial charge on any atom is -0.480 e. The molecule has 0 heterocycles. The van der Waals surface area contributed by atoms with E-state index in [1.54, 1.807) is 0 Å². The van der Waals surface area contributed by atoms with Gasteiger partial charge in [0, 0.05) is 13.5 Å². The van der Waals surface area contributed by atoms with Crippen molar-refractivity contribution < 1.29 is 19.8 Å². The van der Waals surface area contributed by atoms with E-state index in [-0.39, 0.29) is 18.6 Å². The normalized spacial score (nSPS) is 25.6. The van der Waals surface area contributed by atoms with Crippen LogP contribution in [-0.4, -0.2) is 47.3 Å². The van der Waals surface area contributed by atoms with Crippen molar-refractivity contribution in [3.63, 3.8) is 0 Å². The number of carbonyl (C=O) groups excluding carboxylic acids is 1. The number of aliphatic carboxylic acids is 1. The Kier molecular flexibility index (Phi) is 4.70. The molecule has 1 aliphatic carbocycles. The minimum absolute atomic E-state index is 0.197. The van der Waals surface area contributed by atoms with Gasteiger partial charge in [0.05, 0.1) is 6.10 Å². The molecule has 4 N–H and O–H groups in total. The van der Waals surface area contributed by atoms with E-state index in [4.69, 9.17) is 10.2 Å². The Labute approximate surface area is 94.0 Å². The molecule has 6 nitrogen and oxygen atoms in total. The first-order valence-corrected chi connectivity index (χ1v) is 5.37. The first kappa shape index (κ1) is 12.9. The van der Waals surface area contributed by atoms with Crippen LogP contribution >= 0.6 is 0 Å². The largest absolute Gasteiger partial charge is 0.480 e. The Morgan fingerprint density at radius 1 is 1.44 bits per heavy atom. The van der Waals surface area contributed by atoms with Crippen molar-refractivity contribution >= 4 is 11.9 Å². The maximum absolute atomic E-state index is 10.8. The van der Waals surface area contributed by atoms with Crippen LogP contribution in [-0.2, 0) is 9.59 Å². The lowest BCUT2D eigenvalue weighted by Crippen LogP contribution is -2.48. The van der Waals surface area contributed by atoms with Crippen LogP contribution in [0.3, 0.4) is 0 Å². The highest BCUT2D eigenvalue weighted by molar-refractivity contribution is 5.82. The van der Waals surface area contributed by atoms with Gasteiger partial charge in [-0.2, -0.15) is 0 Å². The van der Waals surface area contributed by atoms with Crippen molar-refractivity contribution in [2.24, 2.45) is 5.92 Å². The number of hydrogen-bond acceptors (Lipinski definition) is 4. The topological polar surface area (TPSA) is 98.7 Å². The molecule has 1 atom stereocenters. The number of aliphatic hydroxyl groups excluding tert-OH is 1. The van der Waals surface area contributed by atoms with E-state index < -0.39 is 12.0 Å². The van der Waals surface area contributed by atoms with Gasteiger partial charge >= 0.3 is 5.97 Å². The summed E-state index contributed by atoms with van der Waals surface area (Å²) in [5.74, 6) is -0.980. The predicted octanol–water partition coefficient (Wildman–Crippen LogP) is -1.06. The van der Waals surface area contributed by atoms with Gasteiger partial charge in [-0.15, -0.1) is 0 Å². The molecule has 16 heavy (non-hydrogen) atoms. The predicted molar refractivity (Wildman–Crippen MR) is 56.8 cm³/mol. The summed E-state index contributed by atoms with van der Waals surface area (Å²) in [6, 6.07) is -0.887. The van der Waals surface area contributed by atoms with Crippen molar-refractivity contribution in [2.45, 2.75) is 31.9 Å². The Bertz CT molecular complexity index is 264. The van der Waals surface area contributed by atoms with Crippen molar-refractivity contribution in [3.8, 4) is 0 Å². The van der Waals surface area contributed by atoms with E-state index in [9.17, 15) is 9.59 Å². The molecule has 0 aliphatic heterocycles. The molecular formula is C10H18N2O4. The van der Waals surface area contributed by atoms with Crippen LogP contribution in [0.2, 0.25) is 0 Å². The van der Waals surface area contributed by atoms with Gasteiger partial charge in [0.2, 0.25) is 5.91 Å². The van der Waals surface area contributed by atoms with Crippen LogP contribution in [0.4, 0.5) is 0 Å². The van der Waals surface area contributed by atoms with E-state index >= 15 is 0 Å². The van der Waals surface area contributed by atoms with Crippen LogP contribution in [0, 0.1) is 5.92 Å². The number of aliphatic hydroxyl groups is 1. The lowest BCUT2D eigenvalue weighted by Gasteiger charge is -2.31. The maximum atomic E-state index is 10.8. The molecule has 0 spiro atoms. The van der Waals surface area contributed by atoms with Crippen molar-refractivity contribution in [3.05, 3.63) is 0 Å². The minimum atomic E-state index is -1.05. The van der Waals surface area contributed by atoms with Crippen molar-refractivity contribution in [1.82, 2.24) is 10.6 Å². The molecule has 1 amide bonds. The second-order valence-electron chi connectivity index (χ2n) is 4.24. The molecule has 1 rings (SSSR count). The monoisotopic (exact) mass is 230 g/mol. The van der Waals surface area contributed by atoms with E-state index in [1.807, 2.05) is 0 Å². The molecular weight excluding hydrogens is 212 g/mol. The van der Waals surface area contributed by atoms with Crippen LogP contribution in [0.5, 0.6) is 0 Å². The highest BCUT2D eigenvalue weighted by Crippen LogP contribution is 2.25. The highest BCUT2D eigenvalue weighted by Gasteiger charge is 2.27. The summed E-state index contributed by atoms with van der Waals surface area (Å²) in [5.41, 5.74) is 0. The van der Waals surface area contributed by atoms with Gasteiger partial charge < -0.3 is 20.8 Å². The molecule has 1 fully saturated rings. The van der Waals surface area contributed by atoms with Gasteiger partial charge in [-0.25, -0.2) is 4.79 Å². The second-order valence-corrected chi connectivity index (χ2v) is 4.24. The Hall–Kier alpha value is -1.14. The van der Waals surface area contributed by atoms with E-state index in [2.05, 4.69) is 10.6 Å². The van der Waals surface area contributed by atoms with Crippen LogP contribution in [0.1, 0.15) is 19.8 Å². The fraction of sp³-hybridized carbons (Fsp3) is 0.800. The standard InChI is InChI=1S/C10H18N2O4/c1-6(13)12-9(10(15)16)5-11-4-7-2-8(14)3-7/h7-9,11,14H,2-5H2,1H3,(H,12,13)(H,15,16). The van der Waals surface area contributed by atoms with Gasteiger partial charge in [0.1, 0.15) is 6.04 Å². The zero-order chi connectivity index (χ0) is 12.1. The molecule has 0 aromatic carbocycles. The van der Waals surface area contributed by atoms with Crippen molar-refractivity contribution in [1.29, 1.82) is 0 Å². The van der Waals surface area contributed by atoms with Gasteiger partial charge in [-0.05, 0) is 25.3 Å². The molecule has 0 aromatic rings. The first-order valence-electron chi connectivity index (χ1n) is 5.37. The van der Waals surface area contributed by atoms with Gasteiger partial charge in [0.15, 0.2) is 0 Å². The summed E-state index contributed by atoms with van der Waals surface area (Å²) in [6.07, 6.45) is 1.34. The fourth-order valence-corrected chi connectivity index (χ4v) is 1.74. The molecule has 1 unspecified atom stereocenters. The lowest BCUT2D eigenvalue weighted by atomic mass is 9.82. The van der Waals surface area contributed by atoms with Crippen LogP contribution in [0.15, 0.2) is 0 Å². The van der Waals surface area contributed by atoms with E-state index in [0.717, 1.165) is 12.8 Å². The number of carboxylic acid groups (broad SMARTS) is 1. The molecule has 6 heteroatoms. The molecule has 1 saturated carbocycles. The molecule has 92 valence electrons. The smallest absolute Gasteiger partial charge is 0.327 e. The van der Waals surface area contributed by atoms with Gasteiger partial charge in [-0.1, -0.05) is 0 Å². The SMILES string of the molecule is CC(=O)NC(CNCC1CC(O)C1)C(=O)O. The number of nitrogens with one attached hydrogen (secondary N) is 2. The summed E-state index contributed by atoms with van der Waals surface area (Å²) in [7, 11) is 0. The van der Waals surface area contributed by atoms with Crippen molar-refractivity contribution in [2.75, 3.05) is 13.1 Å². The number of hydrogen-bond donors (Lipinski definition) is 4. The number of rotatable bonds is 6. The summed E-state index contributed by atoms with van der Waals surface area (Å²) in [4.78, 5) is 21.5. The Balaban J connectivity index is 2.17. The highest BCUT2D eigenvalue weighted by atomic mass is 16.4. The second kappa shape index (κ2) is 5.81. The molecule has 0 saturated heterocycles. The molecule has 0 bridgehead atoms.